The van der Waals surface area contributed by atoms with Crippen LogP contribution in [-0.2, 0) is 14.9 Å². The molecule has 2 aromatic carbocycles. The van der Waals surface area contributed by atoms with Crippen LogP contribution in [0.15, 0.2) is 62.6 Å². The highest BCUT2D eigenvalue weighted by molar-refractivity contribution is 7.87. The molecule has 0 amide bonds. The molecule has 7 nitrogen and oxygen atoms in total. The molecule has 9 heteroatoms. The van der Waals surface area contributed by atoms with E-state index in [2.05, 4.69) is 0 Å². The molecule has 3 rings (SSSR count). The zero-order valence-electron chi connectivity index (χ0n) is 14.0. The van der Waals surface area contributed by atoms with Gasteiger partial charge in [-0.1, -0.05) is 11.6 Å². The van der Waals surface area contributed by atoms with E-state index in [4.69, 9.17) is 24.9 Å². The van der Waals surface area contributed by atoms with Gasteiger partial charge in [-0.05, 0) is 49.4 Å². The molecule has 1 heterocycles. The van der Waals surface area contributed by atoms with Crippen molar-refractivity contribution >= 4 is 38.7 Å². The fraction of sp³-hybridized carbons (Fsp3) is 0.111. The maximum absolute atomic E-state index is 12.3. The minimum Gasteiger partial charge on any atom is -0.462 e. The van der Waals surface area contributed by atoms with Gasteiger partial charge in [0.15, 0.2) is 0 Å². The quantitative estimate of drug-likeness (QED) is 0.362. The van der Waals surface area contributed by atoms with E-state index in [1.165, 1.54) is 48.5 Å². The summed E-state index contributed by atoms with van der Waals surface area (Å²) in [5, 5.41) is 0.799. The average molecular weight is 409 g/mol. The smallest absolute Gasteiger partial charge is 0.351 e. The standard InChI is InChI=1S/C18H13ClO7S/c1-2-24-17(20)15-9-11-3-6-13(10-16(11)25-18(15)21)26-27(22,23)14-7-4-12(19)5-8-14/h3-10H,2H2,1H3. The summed E-state index contributed by atoms with van der Waals surface area (Å²) < 4.78 is 39.6. The Hall–Kier alpha value is -2.84. The van der Waals surface area contributed by atoms with Gasteiger partial charge in [0.2, 0.25) is 0 Å². The second-order valence-electron chi connectivity index (χ2n) is 5.36. The van der Waals surface area contributed by atoms with Gasteiger partial charge in [0, 0.05) is 16.5 Å². The van der Waals surface area contributed by atoms with E-state index in [0.717, 1.165) is 0 Å². The lowest BCUT2D eigenvalue weighted by molar-refractivity contribution is 0.0522. The number of esters is 1. The number of rotatable bonds is 5. The Labute approximate surface area is 159 Å². The zero-order chi connectivity index (χ0) is 19.6. The van der Waals surface area contributed by atoms with Crippen LogP contribution in [0.1, 0.15) is 17.3 Å². The third kappa shape index (κ3) is 4.12. The predicted molar refractivity (Wildman–Crippen MR) is 97.7 cm³/mol. The second kappa shape index (κ2) is 7.42. The largest absolute Gasteiger partial charge is 0.462 e. The van der Waals surface area contributed by atoms with E-state index in [1.807, 2.05) is 0 Å². The molecule has 3 aromatic rings. The monoisotopic (exact) mass is 408 g/mol. The van der Waals surface area contributed by atoms with Crippen molar-refractivity contribution in [2.24, 2.45) is 0 Å². The van der Waals surface area contributed by atoms with E-state index >= 15 is 0 Å². The normalized spacial score (nSPS) is 11.3. The fourth-order valence-corrected chi connectivity index (χ4v) is 3.32. The molecule has 0 radical (unpaired) electrons. The van der Waals surface area contributed by atoms with E-state index < -0.39 is 21.7 Å². The molecule has 0 bridgehead atoms. The minimum absolute atomic E-state index is 0.0514. The van der Waals surface area contributed by atoms with Crippen LogP contribution in [-0.4, -0.2) is 21.0 Å². The lowest BCUT2D eigenvalue weighted by Gasteiger charge is -2.08. The van der Waals surface area contributed by atoms with Crippen molar-refractivity contribution in [1.82, 2.24) is 0 Å². The summed E-state index contributed by atoms with van der Waals surface area (Å²) in [4.78, 5) is 23.6. The lowest BCUT2D eigenvalue weighted by Crippen LogP contribution is -2.16. The van der Waals surface area contributed by atoms with Crippen molar-refractivity contribution in [1.29, 1.82) is 0 Å². The Balaban J connectivity index is 1.95. The van der Waals surface area contributed by atoms with Gasteiger partial charge in [0.05, 0.1) is 6.61 Å². The van der Waals surface area contributed by atoms with Gasteiger partial charge in [-0.3, -0.25) is 0 Å². The van der Waals surface area contributed by atoms with Crippen molar-refractivity contribution in [3.05, 3.63) is 69.5 Å². The number of benzene rings is 2. The molecule has 0 N–H and O–H groups in total. The van der Waals surface area contributed by atoms with Gasteiger partial charge >= 0.3 is 21.7 Å². The molecule has 0 aliphatic heterocycles. The van der Waals surface area contributed by atoms with E-state index in [0.29, 0.717) is 10.4 Å². The van der Waals surface area contributed by atoms with Crippen LogP contribution in [0.3, 0.4) is 0 Å². The molecule has 0 aliphatic rings. The Morgan fingerprint density at radius 3 is 2.48 bits per heavy atom. The third-order valence-electron chi connectivity index (χ3n) is 3.51. The van der Waals surface area contributed by atoms with Crippen LogP contribution in [0.25, 0.3) is 11.0 Å². The highest BCUT2D eigenvalue weighted by Gasteiger charge is 2.18. The predicted octanol–water partition coefficient (Wildman–Crippen LogP) is 3.39. The maximum atomic E-state index is 12.3. The summed E-state index contributed by atoms with van der Waals surface area (Å²) in [5.41, 5.74) is -1.07. The molecule has 27 heavy (non-hydrogen) atoms. The summed E-state index contributed by atoms with van der Waals surface area (Å²) in [6.07, 6.45) is 0. The molecule has 0 atom stereocenters. The first-order chi connectivity index (χ1) is 12.8. The summed E-state index contributed by atoms with van der Waals surface area (Å²) in [5.74, 6) is -0.844. The Morgan fingerprint density at radius 2 is 1.81 bits per heavy atom. The van der Waals surface area contributed by atoms with Crippen LogP contribution in [0.5, 0.6) is 5.75 Å². The summed E-state index contributed by atoms with van der Waals surface area (Å²) in [6, 6.07) is 10.9. The second-order valence-corrected chi connectivity index (χ2v) is 7.34. The number of carbonyl (C=O) groups excluding carboxylic acids is 1. The van der Waals surface area contributed by atoms with E-state index in [1.54, 1.807) is 6.92 Å². The van der Waals surface area contributed by atoms with Crippen LogP contribution < -0.4 is 9.81 Å². The molecule has 0 aliphatic carbocycles. The number of ether oxygens (including phenoxy) is 1. The number of carbonyl (C=O) groups is 1. The SMILES string of the molecule is CCOC(=O)c1cc2ccc(OS(=O)(=O)c3ccc(Cl)cc3)cc2oc1=O. The number of fused-ring (bicyclic) bond motifs is 1. The van der Waals surface area contributed by atoms with Gasteiger partial charge in [-0.15, -0.1) is 0 Å². The fourth-order valence-electron chi connectivity index (χ4n) is 2.27. The summed E-state index contributed by atoms with van der Waals surface area (Å²) in [7, 11) is -4.09. The molecule has 0 saturated carbocycles. The van der Waals surface area contributed by atoms with Gasteiger partial charge in [-0.25, -0.2) is 9.59 Å². The number of hydrogen-bond acceptors (Lipinski definition) is 7. The Bertz CT molecular complexity index is 1160. The van der Waals surface area contributed by atoms with E-state index in [-0.39, 0.29) is 28.4 Å². The summed E-state index contributed by atoms with van der Waals surface area (Å²) in [6.45, 7) is 1.73. The molecule has 0 spiro atoms. The number of halogens is 1. The van der Waals surface area contributed by atoms with Crippen molar-refractivity contribution in [2.75, 3.05) is 6.61 Å². The van der Waals surface area contributed by atoms with Crippen LogP contribution >= 0.6 is 11.6 Å². The minimum atomic E-state index is -4.09. The molecule has 0 fully saturated rings. The first-order valence-corrected chi connectivity index (χ1v) is 9.54. The van der Waals surface area contributed by atoms with Crippen molar-refractivity contribution in [3.8, 4) is 5.75 Å². The Kier molecular flexibility index (Phi) is 5.20. The highest BCUT2D eigenvalue weighted by Crippen LogP contribution is 2.24. The molecule has 0 saturated heterocycles. The maximum Gasteiger partial charge on any atom is 0.351 e. The molecule has 140 valence electrons. The van der Waals surface area contributed by atoms with Crippen LogP contribution in [0.4, 0.5) is 0 Å². The molecule has 0 unspecified atom stereocenters. The first-order valence-electron chi connectivity index (χ1n) is 7.75. The molecular weight excluding hydrogens is 396 g/mol. The van der Waals surface area contributed by atoms with Crippen molar-refractivity contribution in [2.45, 2.75) is 11.8 Å². The summed E-state index contributed by atoms with van der Waals surface area (Å²) >= 11 is 5.75. The Morgan fingerprint density at radius 1 is 1.11 bits per heavy atom. The van der Waals surface area contributed by atoms with Gasteiger partial charge < -0.3 is 13.3 Å². The third-order valence-corrected chi connectivity index (χ3v) is 5.02. The topological polar surface area (TPSA) is 99.9 Å². The average Bonchev–Trinajstić information content (AvgIpc) is 2.61. The molecule has 1 aromatic heterocycles. The van der Waals surface area contributed by atoms with Crippen LogP contribution in [0.2, 0.25) is 5.02 Å². The first kappa shape index (κ1) is 18.9. The van der Waals surface area contributed by atoms with Gasteiger partial charge in [-0.2, -0.15) is 8.42 Å². The van der Waals surface area contributed by atoms with Gasteiger partial charge in [0.1, 0.15) is 21.8 Å². The van der Waals surface area contributed by atoms with Crippen molar-refractivity contribution in [3.63, 3.8) is 0 Å². The zero-order valence-corrected chi connectivity index (χ0v) is 15.5. The lowest BCUT2D eigenvalue weighted by atomic mass is 10.2. The highest BCUT2D eigenvalue weighted by atomic mass is 35.5. The van der Waals surface area contributed by atoms with Crippen molar-refractivity contribution < 1.29 is 26.5 Å². The molecular formula is C18H13ClO7S. The number of hydrogen-bond donors (Lipinski definition) is 0. The van der Waals surface area contributed by atoms with E-state index in [9.17, 15) is 18.0 Å². The van der Waals surface area contributed by atoms with Gasteiger partial charge in [0.25, 0.3) is 0 Å². The van der Waals surface area contributed by atoms with Crippen LogP contribution in [0, 0.1) is 0 Å².